The van der Waals surface area contributed by atoms with Crippen LogP contribution in [0.3, 0.4) is 0 Å². The van der Waals surface area contributed by atoms with Crippen LogP contribution in [0.1, 0.15) is 22.8 Å². The van der Waals surface area contributed by atoms with Gasteiger partial charge in [0.1, 0.15) is 12.1 Å². The fourth-order valence-electron chi connectivity index (χ4n) is 4.64. The number of morpholine rings is 1. The lowest BCUT2D eigenvalue weighted by atomic mass is 9.98. The van der Waals surface area contributed by atoms with Gasteiger partial charge in [0.2, 0.25) is 11.6 Å². The molecule has 1 aromatic heterocycles. The zero-order valence-electron chi connectivity index (χ0n) is 18.8. The number of amides is 1. The molecule has 5 rings (SSSR count). The Bertz CT molecular complexity index is 1220. The molecule has 2 saturated heterocycles. The average Bonchev–Trinajstić information content (AvgIpc) is 3.39. The van der Waals surface area contributed by atoms with Gasteiger partial charge in [-0.15, -0.1) is 5.10 Å². The van der Waals surface area contributed by atoms with Crippen LogP contribution >= 0.6 is 0 Å². The number of tetrazole rings is 1. The molecule has 0 unspecified atom stereocenters. The smallest absolute Gasteiger partial charge is 0.227 e. The first-order chi connectivity index (χ1) is 16.5. The maximum Gasteiger partial charge on any atom is 0.227 e. The zero-order chi connectivity index (χ0) is 23.7. The quantitative estimate of drug-likeness (QED) is 0.556. The molecule has 3 aromatic rings. The van der Waals surface area contributed by atoms with Gasteiger partial charge in [0.15, 0.2) is 0 Å². The Morgan fingerprint density at radius 3 is 2.79 bits per heavy atom. The molecule has 0 saturated carbocycles. The van der Waals surface area contributed by atoms with Gasteiger partial charge in [-0.05, 0) is 58.3 Å². The number of carbonyl (C=O) groups is 1. The SMILES string of the molecule is [C-]#[N+]c1cc([C@@H]2CN3CCN(C(=O)Cc4ccc(-n5cnnn5)cc4)C[C@H]3CO2)c(C)cc1F. The van der Waals surface area contributed by atoms with E-state index in [0.717, 1.165) is 28.9 Å². The van der Waals surface area contributed by atoms with Gasteiger partial charge in [-0.2, -0.15) is 0 Å². The standard InChI is InChI=1S/C24H24FN7O2/c1-16-9-21(25)22(26-2)11-20(16)23-13-30-7-8-31(12-19(30)14-34-23)24(33)10-17-3-5-18(6-4-17)32-15-27-28-29-32/h3-6,9,11,15,19,23H,7-8,10,12-14H2,1H3/t19-,23-/m0/s1. The van der Waals surface area contributed by atoms with E-state index in [9.17, 15) is 9.18 Å². The third-order valence-corrected chi connectivity index (χ3v) is 6.56. The van der Waals surface area contributed by atoms with Crippen molar-refractivity contribution in [3.05, 3.63) is 76.7 Å². The van der Waals surface area contributed by atoms with Crippen molar-refractivity contribution in [2.24, 2.45) is 0 Å². The zero-order valence-corrected chi connectivity index (χ0v) is 18.8. The highest BCUT2D eigenvalue weighted by atomic mass is 19.1. The number of aromatic nitrogens is 4. The molecule has 0 bridgehead atoms. The molecule has 2 aliphatic rings. The molecule has 0 aliphatic carbocycles. The molecule has 2 atom stereocenters. The normalized spacial score (nSPS) is 20.6. The number of carbonyl (C=O) groups excluding carboxylic acids is 1. The van der Waals surface area contributed by atoms with E-state index in [4.69, 9.17) is 11.3 Å². The summed E-state index contributed by atoms with van der Waals surface area (Å²) < 4.78 is 21.6. The van der Waals surface area contributed by atoms with E-state index in [1.165, 1.54) is 12.4 Å². The number of piperazine rings is 1. The lowest BCUT2D eigenvalue weighted by molar-refractivity contribution is -0.139. The molecule has 0 N–H and O–H groups in total. The van der Waals surface area contributed by atoms with E-state index in [2.05, 4.69) is 25.3 Å². The maximum atomic E-state index is 13.9. The third-order valence-electron chi connectivity index (χ3n) is 6.56. The van der Waals surface area contributed by atoms with Gasteiger partial charge in [0.05, 0.1) is 37.4 Å². The van der Waals surface area contributed by atoms with Crippen LogP contribution in [0.25, 0.3) is 10.5 Å². The van der Waals surface area contributed by atoms with Crippen molar-refractivity contribution < 1.29 is 13.9 Å². The Labute approximate surface area is 196 Å². The van der Waals surface area contributed by atoms with Crippen molar-refractivity contribution in [2.75, 3.05) is 32.8 Å². The lowest BCUT2D eigenvalue weighted by Crippen LogP contribution is -2.59. The molecule has 3 heterocycles. The van der Waals surface area contributed by atoms with Crippen LogP contribution in [0.15, 0.2) is 42.7 Å². The van der Waals surface area contributed by atoms with Gasteiger partial charge in [0, 0.05) is 26.2 Å². The summed E-state index contributed by atoms with van der Waals surface area (Å²) in [5.74, 6) is -0.407. The maximum absolute atomic E-state index is 13.9. The first-order valence-corrected chi connectivity index (χ1v) is 11.1. The number of halogens is 1. The number of ether oxygens (including phenoxy) is 1. The summed E-state index contributed by atoms with van der Waals surface area (Å²) in [5, 5.41) is 11.1. The van der Waals surface area contributed by atoms with Crippen molar-refractivity contribution in [1.29, 1.82) is 0 Å². The number of benzene rings is 2. The van der Waals surface area contributed by atoms with E-state index in [1.807, 2.05) is 36.1 Å². The summed E-state index contributed by atoms with van der Waals surface area (Å²) in [6.07, 6.45) is 1.65. The largest absolute Gasteiger partial charge is 0.371 e. The predicted molar refractivity (Wildman–Crippen MR) is 121 cm³/mol. The van der Waals surface area contributed by atoms with E-state index >= 15 is 0 Å². The molecule has 1 amide bonds. The molecule has 2 aromatic carbocycles. The Balaban J connectivity index is 1.19. The number of fused-ring (bicyclic) bond motifs is 1. The first kappa shape index (κ1) is 22.1. The Morgan fingerprint density at radius 1 is 1.24 bits per heavy atom. The minimum atomic E-state index is -0.498. The molecule has 174 valence electrons. The van der Waals surface area contributed by atoms with Crippen molar-refractivity contribution in [2.45, 2.75) is 25.5 Å². The average molecular weight is 462 g/mol. The topological polar surface area (TPSA) is 80.7 Å². The second-order valence-corrected chi connectivity index (χ2v) is 8.68. The molecule has 2 aliphatic heterocycles. The van der Waals surface area contributed by atoms with Gasteiger partial charge in [-0.1, -0.05) is 12.1 Å². The summed E-state index contributed by atoms with van der Waals surface area (Å²) in [4.78, 5) is 20.5. The number of nitrogens with zero attached hydrogens (tertiary/aromatic N) is 7. The van der Waals surface area contributed by atoms with Crippen LogP contribution in [-0.2, 0) is 16.0 Å². The molecule has 2 fully saturated rings. The highest BCUT2D eigenvalue weighted by Gasteiger charge is 2.36. The summed E-state index contributed by atoms with van der Waals surface area (Å²) in [6.45, 7) is 12.2. The molecular weight excluding hydrogens is 437 g/mol. The fourth-order valence-corrected chi connectivity index (χ4v) is 4.64. The van der Waals surface area contributed by atoms with Crippen molar-refractivity contribution in [3.8, 4) is 5.69 Å². The van der Waals surface area contributed by atoms with Crippen LogP contribution in [0.5, 0.6) is 0 Å². The van der Waals surface area contributed by atoms with Gasteiger partial charge >= 0.3 is 0 Å². The molecule has 34 heavy (non-hydrogen) atoms. The Morgan fingerprint density at radius 2 is 2.06 bits per heavy atom. The Hall–Kier alpha value is -3.68. The third kappa shape index (κ3) is 4.40. The summed E-state index contributed by atoms with van der Waals surface area (Å²) in [7, 11) is 0. The van der Waals surface area contributed by atoms with Crippen LogP contribution in [-0.4, -0.2) is 74.7 Å². The monoisotopic (exact) mass is 461 g/mol. The predicted octanol–water partition coefficient (Wildman–Crippen LogP) is 2.49. The number of hydrogen-bond donors (Lipinski definition) is 0. The number of aryl methyl sites for hydroxylation is 1. The molecule has 9 nitrogen and oxygen atoms in total. The summed E-state index contributed by atoms with van der Waals surface area (Å²) >= 11 is 0. The van der Waals surface area contributed by atoms with Crippen molar-refractivity contribution in [1.82, 2.24) is 30.0 Å². The van der Waals surface area contributed by atoms with Crippen LogP contribution in [0.2, 0.25) is 0 Å². The van der Waals surface area contributed by atoms with Crippen molar-refractivity contribution >= 4 is 11.6 Å². The molecular formula is C24H24FN7O2. The van der Waals surface area contributed by atoms with E-state index in [-0.39, 0.29) is 23.7 Å². The number of rotatable bonds is 4. The molecule has 0 radical (unpaired) electrons. The van der Waals surface area contributed by atoms with E-state index in [0.29, 0.717) is 32.7 Å². The van der Waals surface area contributed by atoms with Crippen LogP contribution < -0.4 is 0 Å². The van der Waals surface area contributed by atoms with Crippen LogP contribution in [0, 0.1) is 19.3 Å². The molecule has 0 spiro atoms. The highest BCUT2D eigenvalue weighted by molar-refractivity contribution is 5.79. The van der Waals surface area contributed by atoms with E-state index in [1.54, 1.807) is 10.7 Å². The van der Waals surface area contributed by atoms with Crippen LogP contribution in [0.4, 0.5) is 10.1 Å². The summed E-state index contributed by atoms with van der Waals surface area (Å²) in [5.41, 5.74) is 3.44. The minimum Gasteiger partial charge on any atom is -0.371 e. The van der Waals surface area contributed by atoms with Crippen molar-refractivity contribution in [3.63, 3.8) is 0 Å². The second-order valence-electron chi connectivity index (χ2n) is 8.68. The highest BCUT2D eigenvalue weighted by Crippen LogP contribution is 2.32. The Kier molecular flexibility index (Phi) is 6.04. The van der Waals surface area contributed by atoms with E-state index < -0.39 is 5.82 Å². The minimum absolute atomic E-state index is 0.0210. The summed E-state index contributed by atoms with van der Waals surface area (Å²) in [6, 6.07) is 10.8. The number of hydrogen-bond acceptors (Lipinski definition) is 6. The lowest BCUT2D eigenvalue weighted by Gasteiger charge is -2.46. The fraction of sp³-hybridized carbons (Fsp3) is 0.375. The first-order valence-electron chi connectivity index (χ1n) is 11.1. The van der Waals surface area contributed by atoms with Gasteiger partial charge < -0.3 is 9.64 Å². The second kappa shape index (κ2) is 9.29. The molecule has 10 heteroatoms. The van der Waals surface area contributed by atoms with Gasteiger partial charge in [-0.25, -0.2) is 13.9 Å². The van der Waals surface area contributed by atoms with Gasteiger partial charge in [-0.3, -0.25) is 9.69 Å². The van der Waals surface area contributed by atoms with Gasteiger partial charge in [0.25, 0.3) is 0 Å².